The Morgan fingerprint density at radius 2 is 2.43 bits per heavy atom. The number of aromatic amines is 1. The highest BCUT2D eigenvalue weighted by molar-refractivity contribution is 5.90. The zero-order valence-corrected chi connectivity index (χ0v) is 7.65. The van der Waals surface area contributed by atoms with E-state index in [-0.39, 0.29) is 18.3 Å². The van der Waals surface area contributed by atoms with Crippen LogP contribution in [0.25, 0.3) is 0 Å². The molecule has 0 aliphatic carbocycles. The molecular formula is C7H11N5O2. The van der Waals surface area contributed by atoms with Crippen molar-refractivity contribution in [3.8, 4) is 0 Å². The molecule has 7 heteroatoms. The molecule has 0 radical (unpaired) electrons. The minimum Gasteiger partial charge on any atom is -0.370 e. The predicted molar refractivity (Wildman–Crippen MR) is 47.1 cm³/mol. The topological polar surface area (TPSA) is 114 Å². The number of rotatable bonds is 4. The van der Waals surface area contributed by atoms with Gasteiger partial charge >= 0.3 is 0 Å². The van der Waals surface area contributed by atoms with Gasteiger partial charge < -0.3 is 11.1 Å². The number of carbonyl (C=O) groups is 2. The summed E-state index contributed by atoms with van der Waals surface area (Å²) in [5.74, 6) is -0.757. The maximum absolute atomic E-state index is 11.3. The molecule has 4 N–H and O–H groups in total. The molecule has 1 heterocycles. The van der Waals surface area contributed by atoms with Gasteiger partial charge in [0.25, 0.3) is 5.91 Å². The van der Waals surface area contributed by atoms with Crippen LogP contribution in [-0.2, 0) is 4.79 Å². The third kappa shape index (κ3) is 2.85. The van der Waals surface area contributed by atoms with E-state index in [0.29, 0.717) is 0 Å². The second-order valence-electron chi connectivity index (χ2n) is 2.88. The average molecular weight is 197 g/mol. The zero-order chi connectivity index (χ0) is 10.6. The fourth-order valence-electron chi connectivity index (χ4n) is 0.960. The molecule has 1 aromatic rings. The third-order valence-electron chi connectivity index (χ3n) is 1.51. The van der Waals surface area contributed by atoms with E-state index >= 15 is 0 Å². The molecule has 0 aliphatic rings. The summed E-state index contributed by atoms with van der Waals surface area (Å²) in [5.41, 5.74) is 4.96. The molecule has 0 saturated carbocycles. The van der Waals surface area contributed by atoms with E-state index in [1.165, 1.54) is 6.33 Å². The summed E-state index contributed by atoms with van der Waals surface area (Å²) in [6.45, 7) is 1.68. The average Bonchev–Trinajstić information content (AvgIpc) is 2.53. The van der Waals surface area contributed by atoms with Gasteiger partial charge in [0.15, 0.2) is 0 Å². The highest BCUT2D eigenvalue weighted by atomic mass is 16.2. The van der Waals surface area contributed by atoms with Crippen LogP contribution in [0, 0.1) is 0 Å². The van der Waals surface area contributed by atoms with Crippen molar-refractivity contribution in [2.45, 2.75) is 19.4 Å². The van der Waals surface area contributed by atoms with Gasteiger partial charge in [-0.05, 0) is 6.92 Å². The normalized spacial score (nSPS) is 12.1. The van der Waals surface area contributed by atoms with Crippen molar-refractivity contribution in [1.82, 2.24) is 20.5 Å². The van der Waals surface area contributed by atoms with Crippen LogP contribution in [0.1, 0.15) is 24.0 Å². The summed E-state index contributed by atoms with van der Waals surface area (Å²) >= 11 is 0. The van der Waals surface area contributed by atoms with Gasteiger partial charge in [-0.3, -0.25) is 14.7 Å². The second kappa shape index (κ2) is 4.35. The number of hydrogen-bond acceptors (Lipinski definition) is 4. The predicted octanol–water partition coefficient (Wildman–Crippen LogP) is -1.20. The van der Waals surface area contributed by atoms with E-state index in [0.717, 1.165) is 0 Å². The smallest absolute Gasteiger partial charge is 0.288 e. The summed E-state index contributed by atoms with van der Waals surface area (Å²) in [5, 5.41) is 8.47. The van der Waals surface area contributed by atoms with Crippen LogP contribution in [0.2, 0.25) is 0 Å². The Hall–Kier alpha value is -1.92. The molecule has 0 aliphatic heterocycles. The monoisotopic (exact) mass is 197 g/mol. The molecule has 14 heavy (non-hydrogen) atoms. The van der Waals surface area contributed by atoms with Crippen LogP contribution in [0.4, 0.5) is 0 Å². The number of aromatic nitrogens is 3. The fraction of sp³-hybridized carbons (Fsp3) is 0.429. The lowest BCUT2D eigenvalue weighted by Gasteiger charge is -2.09. The van der Waals surface area contributed by atoms with Crippen LogP contribution in [0.5, 0.6) is 0 Å². The Morgan fingerprint density at radius 1 is 1.71 bits per heavy atom. The zero-order valence-electron chi connectivity index (χ0n) is 7.65. The van der Waals surface area contributed by atoms with E-state index in [1.54, 1.807) is 6.92 Å². The molecule has 0 spiro atoms. The van der Waals surface area contributed by atoms with Gasteiger partial charge in [-0.1, -0.05) is 0 Å². The van der Waals surface area contributed by atoms with Crippen molar-refractivity contribution in [3.63, 3.8) is 0 Å². The van der Waals surface area contributed by atoms with Gasteiger partial charge in [-0.2, -0.15) is 5.10 Å². The summed E-state index contributed by atoms with van der Waals surface area (Å²) in [4.78, 5) is 25.5. The van der Waals surface area contributed by atoms with Crippen LogP contribution in [0.15, 0.2) is 6.33 Å². The quantitative estimate of drug-likeness (QED) is 0.562. The van der Waals surface area contributed by atoms with E-state index < -0.39 is 11.8 Å². The molecule has 0 fully saturated rings. The Kier molecular flexibility index (Phi) is 3.16. The van der Waals surface area contributed by atoms with E-state index in [1.807, 2.05) is 0 Å². The maximum atomic E-state index is 11.3. The highest BCUT2D eigenvalue weighted by Crippen LogP contribution is 1.92. The number of amides is 2. The minimum atomic E-state index is -0.463. The van der Waals surface area contributed by atoms with Crippen LogP contribution in [-0.4, -0.2) is 33.0 Å². The van der Waals surface area contributed by atoms with E-state index in [9.17, 15) is 9.59 Å². The molecule has 0 bridgehead atoms. The summed E-state index contributed by atoms with van der Waals surface area (Å²) in [6, 6.07) is -0.315. The van der Waals surface area contributed by atoms with Gasteiger partial charge in [0.1, 0.15) is 6.33 Å². The lowest BCUT2D eigenvalue weighted by Crippen LogP contribution is -2.36. The number of nitrogens with two attached hydrogens (primary N) is 1. The van der Waals surface area contributed by atoms with Crippen molar-refractivity contribution in [2.24, 2.45) is 5.73 Å². The first kappa shape index (κ1) is 10.2. The second-order valence-corrected chi connectivity index (χ2v) is 2.88. The van der Waals surface area contributed by atoms with E-state index in [4.69, 9.17) is 5.73 Å². The molecule has 0 saturated heterocycles. The molecule has 1 aromatic heterocycles. The van der Waals surface area contributed by atoms with Crippen molar-refractivity contribution in [1.29, 1.82) is 0 Å². The van der Waals surface area contributed by atoms with Crippen molar-refractivity contribution in [3.05, 3.63) is 12.2 Å². The van der Waals surface area contributed by atoms with Gasteiger partial charge in [0.2, 0.25) is 11.7 Å². The van der Waals surface area contributed by atoms with Gasteiger partial charge in [-0.25, -0.2) is 4.98 Å². The molecule has 0 aromatic carbocycles. The molecule has 1 atom stereocenters. The lowest BCUT2D eigenvalue weighted by molar-refractivity contribution is -0.118. The molecular weight excluding hydrogens is 186 g/mol. The Morgan fingerprint density at radius 3 is 2.93 bits per heavy atom. The van der Waals surface area contributed by atoms with E-state index in [2.05, 4.69) is 20.5 Å². The molecule has 7 nitrogen and oxygen atoms in total. The largest absolute Gasteiger partial charge is 0.370 e. The number of hydrogen-bond donors (Lipinski definition) is 3. The van der Waals surface area contributed by atoms with Crippen molar-refractivity contribution in [2.75, 3.05) is 0 Å². The number of nitrogens with one attached hydrogen (secondary N) is 2. The number of carbonyl (C=O) groups excluding carboxylic acids is 2. The molecule has 76 valence electrons. The van der Waals surface area contributed by atoms with Crippen LogP contribution >= 0.6 is 0 Å². The summed E-state index contributed by atoms with van der Waals surface area (Å²) in [7, 11) is 0. The van der Waals surface area contributed by atoms with Gasteiger partial charge in [-0.15, -0.1) is 0 Å². The van der Waals surface area contributed by atoms with Crippen molar-refractivity contribution < 1.29 is 9.59 Å². The lowest BCUT2D eigenvalue weighted by atomic mass is 10.2. The number of nitrogens with zero attached hydrogens (tertiary/aromatic N) is 2. The molecule has 1 rings (SSSR count). The Bertz CT molecular complexity index is 321. The van der Waals surface area contributed by atoms with Crippen LogP contribution in [0.3, 0.4) is 0 Å². The standard InChI is InChI=1S/C7H11N5O2/c1-4(2-5(8)13)11-7(14)6-9-3-10-12-6/h3-4H,2H2,1H3,(H2,8,13)(H,11,14)(H,9,10,12). The van der Waals surface area contributed by atoms with Gasteiger partial charge in [0.05, 0.1) is 0 Å². The Labute approximate surface area is 80.1 Å². The summed E-state index contributed by atoms with van der Waals surface area (Å²) in [6.07, 6.45) is 1.33. The Balaban J connectivity index is 2.45. The third-order valence-corrected chi connectivity index (χ3v) is 1.51. The van der Waals surface area contributed by atoms with Crippen LogP contribution < -0.4 is 11.1 Å². The first-order chi connectivity index (χ1) is 6.59. The summed E-state index contributed by atoms with van der Waals surface area (Å²) < 4.78 is 0. The highest BCUT2D eigenvalue weighted by Gasteiger charge is 2.13. The minimum absolute atomic E-state index is 0.0971. The SMILES string of the molecule is CC(CC(N)=O)NC(=O)c1ncn[nH]1. The van der Waals surface area contributed by atoms with Crippen molar-refractivity contribution >= 4 is 11.8 Å². The fourth-order valence-corrected chi connectivity index (χ4v) is 0.960. The molecule has 2 amide bonds. The first-order valence-corrected chi connectivity index (χ1v) is 4.04. The maximum Gasteiger partial charge on any atom is 0.288 e. The van der Waals surface area contributed by atoms with Gasteiger partial charge in [0, 0.05) is 12.5 Å². The first-order valence-electron chi connectivity index (χ1n) is 4.04. The number of primary amides is 1. The molecule has 1 unspecified atom stereocenters. The number of H-pyrrole nitrogens is 1.